The Morgan fingerprint density at radius 1 is 0.947 bits per heavy atom. The van der Waals surface area contributed by atoms with Gasteiger partial charge in [0.2, 0.25) is 0 Å². The molecule has 0 bridgehead atoms. The number of urea groups is 1. The van der Waals surface area contributed by atoms with Gasteiger partial charge < -0.3 is 24.4 Å². The summed E-state index contributed by atoms with van der Waals surface area (Å²) in [7, 11) is 0. The van der Waals surface area contributed by atoms with Gasteiger partial charge >= 0.3 is 6.03 Å². The zero-order valence-corrected chi connectivity index (χ0v) is 21.7. The van der Waals surface area contributed by atoms with Crippen molar-refractivity contribution in [1.29, 1.82) is 0 Å². The molecule has 2 aromatic rings. The first-order chi connectivity index (χ1) is 18.5. The van der Waals surface area contributed by atoms with Gasteiger partial charge in [-0.1, -0.05) is 29.4 Å². The first kappa shape index (κ1) is 25.0. The predicted octanol–water partition coefficient (Wildman–Crippen LogP) is 3.12. The van der Waals surface area contributed by atoms with Crippen molar-refractivity contribution in [2.75, 3.05) is 39.3 Å². The highest BCUT2D eigenvalue weighted by Gasteiger charge is 2.39. The van der Waals surface area contributed by atoms with E-state index in [2.05, 4.69) is 26.9 Å². The number of imidazole rings is 1. The molecule has 3 saturated heterocycles. The number of aliphatic hydroxyl groups is 1. The van der Waals surface area contributed by atoms with Crippen molar-refractivity contribution in [2.24, 2.45) is 17.0 Å². The molecule has 3 fully saturated rings. The number of carbonyl (C=O) groups is 2. The number of amides is 3. The largest absolute Gasteiger partial charge is 0.393 e. The molecule has 1 aromatic carbocycles. The molecule has 0 radical (unpaired) electrons. The summed E-state index contributed by atoms with van der Waals surface area (Å²) in [6, 6.07) is 7.52. The third-order valence-corrected chi connectivity index (χ3v) is 9.21. The third-order valence-electron chi connectivity index (χ3n) is 9.21. The van der Waals surface area contributed by atoms with Crippen molar-refractivity contribution in [3.8, 4) is 11.3 Å². The number of aromatic nitrogens is 2. The number of carbonyl (C=O) groups excluding carboxylic acids is 2. The number of rotatable bonds is 6. The third kappa shape index (κ3) is 4.48. The maximum Gasteiger partial charge on any atom is 0.319 e. The second kappa shape index (κ2) is 10.5. The number of benzene rings is 1. The molecule has 202 valence electrons. The molecule has 6 rings (SSSR count). The first-order valence-corrected chi connectivity index (χ1v) is 14.0. The van der Waals surface area contributed by atoms with Crippen LogP contribution in [0.15, 0.2) is 42.0 Å². The Kier molecular flexibility index (Phi) is 6.90. The number of nitrogens with zero attached hydrogens (tertiary/aromatic N) is 6. The minimum Gasteiger partial charge on any atom is -0.393 e. The van der Waals surface area contributed by atoms with Gasteiger partial charge in [-0.05, 0) is 55.9 Å². The van der Waals surface area contributed by atoms with Crippen molar-refractivity contribution in [3.63, 3.8) is 0 Å². The van der Waals surface area contributed by atoms with Crippen LogP contribution in [0.2, 0.25) is 0 Å². The van der Waals surface area contributed by atoms with Crippen LogP contribution in [0.4, 0.5) is 4.79 Å². The van der Waals surface area contributed by atoms with Crippen molar-refractivity contribution >= 4 is 11.9 Å². The van der Waals surface area contributed by atoms with Gasteiger partial charge in [0.05, 0.1) is 30.4 Å². The van der Waals surface area contributed by atoms with Crippen molar-refractivity contribution in [2.45, 2.75) is 56.7 Å². The molecule has 4 aliphatic rings. The monoisotopic (exact) mass is 520 g/mol. The van der Waals surface area contributed by atoms with Gasteiger partial charge in [0.25, 0.3) is 5.91 Å². The van der Waals surface area contributed by atoms with E-state index < -0.39 is 12.1 Å². The number of likely N-dealkylation sites (tertiary alicyclic amines) is 3. The van der Waals surface area contributed by atoms with Crippen LogP contribution in [0.5, 0.6) is 0 Å². The van der Waals surface area contributed by atoms with Gasteiger partial charge in [-0.2, -0.15) is 0 Å². The number of piperidine rings is 2. The molecular weight excluding hydrogens is 484 g/mol. The van der Waals surface area contributed by atoms with Crippen LogP contribution in [-0.4, -0.2) is 92.7 Å². The van der Waals surface area contributed by atoms with E-state index in [1.807, 2.05) is 34.5 Å². The van der Waals surface area contributed by atoms with E-state index in [0.29, 0.717) is 58.3 Å². The lowest BCUT2D eigenvalue weighted by atomic mass is 9.85. The zero-order valence-electron chi connectivity index (χ0n) is 21.7. The molecule has 10 heteroatoms. The maximum absolute atomic E-state index is 13.3. The molecule has 0 spiro atoms. The minimum atomic E-state index is -0.896. The van der Waals surface area contributed by atoms with E-state index in [0.717, 1.165) is 25.2 Å². The maximum atomic E-state index is 13.3. The second-order valence-electron chi connectivity index (χ2n) is 11.3. The standard InChI is InChI=1S/C28H36N6O4/c35-25(16-23-21-4-1-2-5-22(21)24-17-29-18-34(23)24)19-6-12-31(13-7-19)27(36)26(30-38)20-8-14-33(15-9-20)28(37)32-10-3-11-32/h1-2,4-5,17-20,23,25-26,35H,3,6-16H2. The molecule has 10 nitrogen and oxygen atoms in total. The first-order valence-electron chi connectivity index (χ1n) is 14.0. The Balaban J connectivity index is 1.01. The highest BCUT2D eigenvalue weighted by Crippen LogP contribution is 2.42. The SMILES string of the molecule is O=NC(C(=O)N1CCC(C(O)CC2c3ccccc3-c3cncn32)CC1)C1CCN(C(=O)N2CCC2)CC1. The molecule has 5 heterocycles. The number of hydrogen-bond acceptors (Lipinski definition) is 6. The van der Waals surface area contributed by atoms with E-state index in [4.69, 9.17) is 0 Å². The average molecular weight is 521 g/mol. The van der Waals surface area contributed by atoms with Gasteiger partial charge in [0, 0.05) is 44.8 Å². The van der Waals surface area contributed by atoms with Crippen LogP contribution in [0, 0.1) is 16.7 Å². The predicted molar refractivity (Wildman–Crippen MR) is 141 cm³/mol. The molecule has 4 aliphatic heterocycles. The van der Waals surface area contributed by atoms with Crippen LogP contribution >= 0.6 is 0 Å². The summed E-state index contributed by atoms with van der Waals surface area (Å²) < 4.78 is 2.15. The zero-order chi connectivity index (χ0) is 26.2. The highest BCUT2D eigenvalue weighted by atomic mass is 16.3. The van der Waals surface area contributed by atoms with E-state index in [9.17, 15) is 19.6 Å². The normalized spacial score (nSPS) is 23.4. The number of fused-ring (bicyclic) bond motifs is 3. The molecule has 1 aromatic heterocycles. The summed E-state index contributed by atoms with van der Waals surface area (Å²) in [5, 5.41) is 14.5. The Labute approximate surface area is 222 Å². The molecule has 3 amide bonds. The van der Waals surface area contributed by atoms with Gasteiger partial charge in [0.1, 0.15) is 0 Å². The Bertz CT molecular complexity index is 1180. The van der Waals surface area contributed by atoms with Crippen LogP contribution in [0.1, 0.15) is 50.1 Å². The van der Waals surface area contributed by atoms with Crippen LogP contribution < -0.4 is 0 Å². The van der Waals surface area contributed by atoms with E-state index >= 15 is 0 Å². The molecule has 3 atom stereocenters. The molecule has 0 aliphatic carbocycles. The van der Waals surface area contributed by atoms with Gasteiger partial charge in [0.15, 0.2) is 6.04 Å². The van der Waals surface area contributed by atoms with Crippen LogP contribution in [0.3, 0.4) is 0 Å². The van der Waals surface area contributed by atoms with Crippen molar-refractivity contribution in [3.05, 3.63) is 47.3 Å². The summed E-state index contributed by atoms with van der Waals surface area (Å²) in [5.74, 6) is -0.235. The smallest absolute Gasteiger partial charge is 0.319 e. The number of hydrogen-bond donors (Lipinski definition) is 1. The van der Waals surface area contributed by atoms with Crippen LogP contribution in [0.25, 0.3) is 11.3 Å². The molecule has 38 heavy (non-hydrogen) atoms. The number of nitroso groups, excluding NO2 is 1. The van der Waals surface area contributed by atoms with E-state index in [1.165, 1.54) is 11.1 Å². The second-order valence-corrected chi connectivity index (χ2v) is 11.3. The fourth-order valence-electron chi connectivity index (χ4n) is 6.73. The lowest BCUT2D eigenvalue weighted by Gasteiger charge is -2.40. The van der Waals surface area contributed by atoms with Gasteiger partial charge in [-0.3, -0.25) is 4.79 Å². The summed E-state index contributed by atoms with van der Waals surface area (Å²) in [5.41, 5.74) is 3.47. The van der Waals surface area contributed by atoms with E-state index in [1.54, 1.807) is 4.90 Å². The summed E-state index contributed by atoms with van der Waals surface area (Å²) >= 11 is 0. The quantitative estimate of drug-likeness (QED) is 0.589. The molecule has 1 N–H and O–H groups in total. The molecule has 3 unspecified atom stereocenters. The summed E-state index contributed by atoms with van der Waals surface area (Å²) in [6.45, 7) is 3.82. The van der Waals surface area contributed by atoms with E-state index in [-0.39, 0.29) is 29.8 Å². The lowest BCUT2D eigenvalue weighted by molar-refractivity contribution is -0.136. The number of aliphatic hydroxyl groups excluding tert-OH is 1. The Morgan fingerprint density at radius 3 is 2.29 bits per heavy atom. The Hall–Kier alpha value is -3.27. The van der Waals surface area contributed by atoms with Crippen molar-refractivity contribution in [1.82, 2.24) is 24.3 Å². The average Bonchev–Trinajstić information content (AvgIpc) is 3.51. The molecule has 0 saturated carbocycles. The lowest BCUT2D eigenvalue weighted by Crippen LogP contribution is -2.53. The van der Waals surface area contributed by atoms with Crippen LogP contribution in [-0.2, 0) is 4.79 Å². The molecular formula is C28H36N6O4. The van der Waals surface area contributed by atoms with Crippen molar-refractivity contribution < 1.29 is 14.7 Å². The fraction of sp³-hybridized carbons (Fsp3) is 0.607. The van der Waals surface area contributed by atoms with Gasteiger partial charge in [-0.15, -0.1) is 4.91 Å². The minimum absolute atomic E-state index is 0.0563. The summed E-state index contributed by atoms with van der Waals surface area (Å²) in [4.78, 5) is 47.3. The fourth-order valence-corrected chi connectivity index (χ4v) is 6.73. The summed E-state index contributed by atoms with van der Waals surface area (Å²) in [6.07, 6.45) is 7.53. The highest BCUT2D eigenvalue weighted by molar-refractivity contribution is 5.82. The topological polar surface area (TPSA) is 111 Å². The Morgan fingerprint density at radius 2 is 1.61 bits per heavy atom. The van der Waals surface area contributed by atoms with Gasteiger partial charge in [-0.25, -0.2) is 9.78 Å².